The number of sulfonamides is 1. The lowest BCUT2D eigenvalue weighted by Crippen LogP contribution is -2.36. The summed E-state index contributed by atoms with van der Waals surface area (Å²) < 4.78 is 27.0. The number of para-hydroxylation sites is 1. The third-order valence-corrected chi connectivity index (χ3v) is 6.07. The van der Waals surface area contributed by atoms with E-state index >= 15 is 0 Å². The summed E-state index contributed by atoms with van der Waals surface area (Å²) in [6, 6.07) is 13.8. The molecule has 1 atom stereocenters. The molecule has 1 aliphatic heterocycles. The van der Waals surface area contributed by atoms with Gasteiger partial charge in [-0.2, -0.15) is 0 Å². The van der Waals surface area contributed by atoms with Crippen molar-refractivity contribution in [1.82, 2.24) is 10.0 Å². The largest absolute Gasteiger partial charge is 0.356 e. The van der Waals surface area contributed by atoms with Gasteiger partial charge in [0.15, 0.2) is 0 Å². The molecule has 3 rings (SSSR count). The van der Waals surface area contributed by atoms with Gasteiger partial charge >= 0.3 is 0 Å². The number of anilines is 1. The van der Waals surface area contributed by atoms with E-state index < -0.39 is 15.9 Å². The van der Waals surface area contributed by atoms with E-state index in [0.717, 1.165) is 11.1 Å². The van der Waals surface area contributed by atoms with Gasteiger partial charge in [-0.15, -0.1) is 0 Å². The molecule has 1 unspecified atom stereocenters. The molecule has 7 nitrogen and oxygen atoms in total. The number of benzene rings is 2. The Hall–Kier alpha value is -2.71. The first kappa shape index (κ1) is 20.0. The van der Waals surface area contributed by atoms with Gasteiger partial charge < -0.3 is 10.6 Å². The zero-order chi connectivity index (χ0) is 20.1. The maximum Gasteiger partial charge on any atom is 0.240 e. The molecule has 1 heterocycles. The summed E-state index contributed by atoms with van der Waals surface area (Å²) in [5, 5.41) is 5.55. The van der Waals surface area contributed by atoms with E-state index in [-0.39, 0.29) is 29.7 Å². The van der Waals surface area contributed by atoms with Crippen LogP contribution < -0.4 is 15.4 Å². The Bertz CT molecular complexity index is 971. The monoisotopic (exact) mass is 401 g/mol. The van der Waals surface area contributed by atoms with Crippen LogP contribution in [0.2, 0.25) is 0 Å². The van der Waals surface area contributed by atoms with E-state index in [9.17, 15) is 18.0 Å². The quantitative estimate of drug-likeness (QED) is 0.617. The number of hydrogen-bond donors (Lipinski definition) is 3. The van der Waals surface area contributed by atoms with Gasteiger partial charge in [-0.1, -0.05) is 35.9 Å². The molecular formula is C20H23N3O4S. The Morgan fingerprint density at radius 3 is 2.57 bits per heavy atom. The lowest BCUT2D eigenvalue weighted by Gasteiger charge is -2.24. The average Bonchev–Trinajstić information content (AvgIpc) is 2.67. The van der Waals surface area contributed by atoms with Crippen LogP contribution in [0.25, 0.3) is 0 Å². The van der Waals surface area contributed by atoms with Crippen LogP contribution in [0.1, 0.15) is 29.9 Å². The Morgan fingerprint density at radius 2 is 1.82 bits per heavy atom. The van der Waals surface area contributed by atoms with E-state index in [1.807, 2.05) is 19.1 Å². The van der Waals surface area contributed by atoms with Crippen molar-refractivity contribution in [2.24, 2.45) is 0 Å². The van der Waals surface area contributed by atoms with Gasteiger partial charge in [-0.05, 0) is 37.1 Å². The molecule has 0 aliphatic carbocycles. The summed E-state index contributed by atoms with van der Waals surface area (Å²) in [6.45, 7) is 2.41. The van der Waals surface area contributed by atoms with Crippen LogP contribution in [0.3, 0.4) is 0 Å². The third-order valence-electron chi connectivity index (χ3n) is 4.59. The number of rotatable bonds is 7. The minimum Gasteiger partial charge on any atom is -0.356 e. The van der Waals surface area contributed by atoms with Gasteiger partial charge in [0.05, 0.1) is 10.8 Å². The minimum atomic E-state index is -3.56. The maximum atomic E-state index is 12.5. The number of hydrogen-bond acceptors (Lipinski definition) is 4. The molecule has 2 aromatic rings. The fourth-order valence-corrected chi connectivity index (χ4v) is 4.15. The zero-order valence-electron chi connectivity index (χ0n) is 15.6. The Kier molecular flexibility index (Phi) is 6.11. The molecule has 0 saturated carbocycles. The highest BCUT2D eigenvalue weighted by Gasteiger charge is 2.30. The van der Waals surface area contributed by atoms with E-state index in [0.29, 0.717) is 18.7 Å². The summed E-state index contributed by atoms with van der Waals surface area (Å²) in [7, 11) is -3.56. The topological polar surface area (TPSA) is 104 Å². The number of amides is 2. The summed E-state index contributed by atoms with van der Waals surface area (Å²) in [5.74, 6) is -0.956. The lowest BCUT2D eigenvalue weighted by atomic mass is 9.90. The van der Waals surface area contributed by atoms with E-state index in [4.69, 9.17) is 0 Å². The molecule has 0 bridgehead atoms. The highest BCUT2D eigenvalue weighted by atomic mass is 32.2. The van der Waals surface area contributed by atoms with Gasteiger partial charge in [0.25, 0.3) is 0 Å². The number of carbonyl (C=O) groups excluding carboxylic acids is 2. The van der Waals surface area contributed by atoms with Gasteiger partial charge in [-0.25, -0.2) is 13.1 Å². The van der Waals surface area contributed by atoms with Crippen LogP contribution in [-0.2, 0) is 19.6 Å². The molecule has 0 fully saturated rings. The summed E-state index contributed by atoms with van der Waals surface area (Å²) in [4.78, 5) is 24.5. The van der Waals surface area contributed by atoms with E-state index in [2.05, 4.69) is 15.4 Å². The second-order valence-electron chi connectivity index (χ2n) is 6.75. The van der Waals surface area contributed by atoms with Gasteiger partial charge in [0, 0.05) is 25.2 Å². The molecule has 2 amide bonds. The maximum absolute atomic E-state index is 12.5. The molecule has 0 aromatic heterocycles. The second kappa shape index (κ2) is 8.53. The van der Waals surface area contributed by atoms with Crippen molar-refractivity contribution in [1.29, 1.82) is 0 Å². The Balaban J connectivity index is 1.49. The molecule has 3 N–H and O–H groups in total. The van der Waals surface area contributed by atoms with Crippen LogP contribution in [0.15, 0.2) is 53.4 Å². The van der Waals surface area contributed by atoms with Gasteiger partial charge in [0.1, 0.15) is 0 Å². The Morgan fingerprint density at radius 1 is 1.11 bits per heavy atom. The third kappa shape index (κ3) is 4.76. The highest BCUT2D eigenvalue weighted by molar-refractivity contribution is 7.89. The molecule has 0 spiro atoms. The van der Waals surface area contributed by atoms with Crippen molar-refractivity contribution < 1.29 is 18.0 Å². The first-order chi connectivity index (χ1) is 13.4. The van der Waals surface area contributed by atoms with Crippen LogP contribution in [0.4, 0.5) is 5.69 Å². The van der Waals surface area contributed by atoms with Gasteiger partial charge in [0.2, 0.25) is 21.8 Å². The standard InChI is InChI=1S/C20H23N3O4S/c1-14-7-9-15(10-8-14)28(26,27)22-12-4-11-21-20(25)17-13-19(24)23-18-6-3-2-5-16(17)18/h2-3,5-10,17,22H,4,11-13H2,1H3,(H,21,25)(H,23,24). The first-order valence-corrected chi connectivity index (χ1v) is 10.6. The normalized spacial score (nSPS) is 16.2. The SMILES string of the molecule is Cc1ccc(S(=O)(=O)NCCCNC(=O)C2CC(=O)Nc3ccccc32)cc1. The predicted octanol–water partition coefficient (Wildman–Crippen LogP) is 1.91. The average molecular weight is 401 g/mol. The van der Waals surface area contributed by atoms with Crippen molar-refractivity contribution in [3.8, 4) is 0 Å². The number of aryl methyl sites for hydroxylation is 1. The van der Waals surface area contributed by atoms with Crippen molar-refractivity contribution in [3.63, 3.8) is 0 Å². The lowest BCUT2D eigenvalue weighted by molar-refractivity contribution is -0.126. The molecule has 8 heteroatoms. The molecule has 0 saturated heterocycles. The molecule has 28 heavy (non-hydrogen) atoms. The first-order valence-electron chi connectivity index (χ1n) is 9.09. The van der Waals surface area contributed by atoms with Gasteiger partial charge in [-0.3, -0.25) is 9.59 Å². The zero-order valence-corrected chi connectivity index (χ0v) is 16.4. The smallest absolute Gasteiger partial charge is 0.240 e. The molecule has 1 aliphatic rings. The molecular weight excluding hydrogens is 378 g/mol. The molecule has 2 aromatic carbocycles. The van der Waals surface area contributed by atoms with Crippen molar-refractivity contribution >= 4 is 27.5 Å². The number of fused-ring (bicyclic) bond motifs is 1. The summed E-state index contributed by atoms with van der Waals surface area (Å²) in [5.41, 5.74) is 2.43. The highest BCUT2D eigenvalue weighted by Crippen LogP contribution is 2.31. The summed E-state index contributed by atoms with van der Waals surface area (Å²) in [6.07, 6.45) is 0.542. The van der Waals surface area contributed by atoms with E-state index in [1.54, 1.807) is 36.4 Å². The van der Waals surface area contributed by atoms with Crippen LogP contribution in [0.5, 0.6) is 0 Å². The second-order valence-corrected chi connectivity index (χ2v) is 8.51. The minimum absolute atomic E-state index is 0.100. The van der Waals surface area contributed by atoms with Crippen LogP contribution in [0, 0.1) is 6.92 Å². The van der Waals surface area contributed by atoms with Crippen LogP contribution in [-0.4, -0.2) is 33.3 Å². The fourth-order valence-electron chi connectivity index (χ4n) is 3.08. The Labute approximate surface area is 164 Å². The molecule has 148 valence electrons. The predicted molar refractivity (Wildman–Crippen MR) is 106 cm³/mol. The number of carbonyl (C=O) groups is 2. The molecule has 0 radical (unpaired) electrons. The van der Waals surface area contributed by atoms with Crippen LogP contribution >= 0.6 is 0 Å². The van der Waals surface area contributed by atoms with Crippen molar-refractivity contribution in [2.45, 2.75) is 30.6 Å². The number of nitrogens with one attached hydrogen (secondary N) is 3. The summed E-state index contributed by atoms with van der Waals surface area (Å²) >= 11 is 0. The van der Waals surface area contributed by atoms with Crippen molar-refractivity contribution in [3.05, 3.63) is 59.7 Å². The fraction of sp³-hybridized carbons (Fsp3) is 0.300. The van der Waals surface area contributed by atoms with Crippen molar-refractivity contribution in [2.75, 3.05) is 18.4 Å². The van der Waals surface area contributed by atoms with E-state index in [1.165, 1.54) is 0 Å².